The minimum atomic E-state index is 0.706. The van der Waals surface area contributed by atoms with Crippen molar-refractivity contribution in [2.75, 3.05) is 5.73 Å². The number of aromatic nitrogens is 2. The summed E-state index contributed by atoms with van der Waals surface area (Å²) in [5.74, 6) is 1.62. The zero-order valence-electron chi connectivity index (χ0n) is 9.31. The van der Waals surface area contributed by atoms with Gasteiger partial charge in [-0.1, -0.05) is 36.4 Å². The van der Waals surface area contributed by atoms with Crippen molar-refractivity contribution >= 4 is 40.6 Å². The molecule has 0 fully saturated rings. The minimum absolute atomic E-state index is 0.706. The van der Waals surface area contributed by atoms with Crippen LogP contribution in [0.1, 0.15) is 18.3 Å². The highest BCUT2D eigenvalue weighted by Gasteiger charge is 2.08. The first kappa shape index (κ1) is 12.7. The van der Waals surface area contributed by atoms with Gasteiger partial charge in [-0.25, -0.2) is 4.98 Å². The van der Waals surface area contributed by atoms with Crippen molar-refractivity contribution < 1.29 is 0 Å². The van der Waals surface area contributed by atoms with Gasteiger partial charge in [-0.15, -0.1) is 0 Å². The largest absolute Gasteiger partial charge is 0.398 e. The van der Waals surface area contributed by atoms with E-state index in [1.165, 1.54) is 11.5 Å². The molecular formula is C11H12ClN3S2. The molecule has 17 heavy (non-hydrogen) atoms. The molecule has 0 spiro atoms. The highest BCUT2D eigenvalue weighted by Crippen LogP contribution is 2.30. The van der Waals surface area contributed by atoms with Crippen molar-refractivity contribution in [1.82, 2.24) is 9.36 Å². The van der Waals surface area contributed by atoms with Crippen molar-refractivity contribution in [2.24, 2.45) is 0 Å². The Balaban J connectivity index is 2.07. The van der Waals surface area contributed by atoms with Crippen LogP contribution in [0.3, 0.4) is 0 Å². The predicted molar refractivity (Wildman–Crippen MR) is 74.7 cm³/mol. The van der Waals surface area contributed by atoms with Gasteiger partial charge in [-0.2, -0.15) is 4.37 Å². The quantitative estimate of drug-likeness (QED) is 0.688. The number of nitrogens with zero attached hydrogens (tertiary/aromatic N) is 2. The van der Waals surface area contributed by atoms with Gasteiger partial charge in [-0.05, 0) is 23.7 Å². The lowest BCUT2D eigenvalue weighted by Gasteiger charge is -2.05. The molecule has 0 bridgehead atoms. The maximum Gasteiger partial charge on any atom is 0.170 e. The average molecular weight is 286 g/mol. The summed E-state index contributed by atoms with van der Waals surface area (Å²) in [5.41, 5.74) is 7.58. The van der Waals surface area contributed by atoms with Crippen molar-refractivity contribution in [1.29, 1.82) is 0 Å². The summed E-state index contributed by atoms with van der Waals surface area (Å²) in [7, 11) is 0. The van der Waals surface area contributed by atoms with Gasteiger partial charge in [0.1, 0.15) is 5.82 Å². The summed E-state index contributed by atoms with van der Waals surface area (Å²) in [6.45, 7) is 2.04. The average Bonchev–Trinajstić information content (AvgIpc) is 2.76. The maximum absolute atomic E-state index is 6.10. The number of rotatable bonds is 4. The molecule has 0 saturated heterocycles. The van der Waals surface area contributed by atoms with E-state index in [4.69, 9.17) is 17.3 Å². The first-order chi connectivity index (χ1) is 8.20. The third-order valence-corrected chi connectivity index (χ3v) is 4.51. The SMILES string of the molecule is CCc1nsc(SCc2c(N)cccc2Cl)n1. The summed E-state index contributed by atoms with van der Waals surface area (Å²) in [6.07, 6.45) is 0.866. The van der Waals surface area contributed by atoms with Gasteiger partial charge in [0.05, 0.1) is 0 Å². The van der Waals surface area contributed by atoms with Gasteiger partial charge in [0.25, 0.3) is 0 Å². The van der Waals surface area contributed by atoms with Crippen LogP contribution in [-0.4, -0.2) is 9.36 Å². The lowest BCUT2D eigenvalue weighted by Crippen LogP contribution is -1.93. The highest BCUT2D eigenvalue weighted by molar-refractivity contribution is 8.00. The Labute approximate surface area is 114 Å². The Hall–Kier alpha value is -0.780. The van der Waals surface area contributed by atoms with Gasteiger partial charge >= 0.3 is 0 Å². The van der Waals surface area contributed by atoms with Crippen LogP contribution in [0.5, 0.6) is 0 Å². The molecule has 0 saturated carbocycles. The zero-order chi connectivity index (χ0) is 12.3. The fourth-order valence-electron chi connectivity index (χ4n) is 1.30. The fourth-order valence-corrected chi connectivity index (χ4v) is 3.39. The molecule has 0 unspecified atom stereocenters. The van der Waals surface area contributed by atoms with Gasteiger partial charge in [0, 0.05) is 28.4 Å². The van der Waals surface area contributed by atoms with Gasteiger partial charge in [0.2, 0.25) is 0 Å². The molecule has 0 aliphatic rings. The Morgan fingerprint density at radius 3 is 2.94 bits per heavy atom. The zero-order valence-corrected chi connectivity index (χ0v) is 11.7. The summed E-state index contributed by atoms with van der Waals surface area (Å²) < 4.78 is 5.20. The summed E-state index contributed by atoms with van der Waals surface area (Å²) >= 11 is 9.14. The third-order valence-electron chi connectivity index (χ3n) is 2.26. The molecule has 1 heterocycles. The summed E-state index contributed by atoms with van der Waals surface area (Å²) in [4.78, 5) is 4.39. The molecule has 0 amide bonds. The minimum Gasteiger partial charge on any atom is -0.398 e. The van der Waals surface area contributed by atoms with E-state index in [1.54, 1.807) is 11.8 Å². The van der Waals surface area contributed by atoms with Crippen LogP contribution < -0.4 is 5.73 Å². The second-order valence-electron chi connectivity index (χ2n) is 3.43. The molecule has 0 atom stereocenters. The molecule has 2 aromatic rings. The first-order valence-electron chi connectivity index (χ1n) is 5.19. The number of thioether (sulfide) groups is 1. The van der Waals surface area contributed by atoms with E-state index in [9.17, 15) is 0 Å². The molecule has 6 heteroatoms. The van der Waals surface area contributed by atoms with E-state index in [1.807, 2.05) is 25.1 Å². The number of hydrogen-bond acceptors (Lipinski definition) is 5. The van der Waals surface area contributed by atoms with E-state index in [2.05, 4.69) is 9.36 Å². The first-order valence-corrected chi connectivity index (χ1v) is 7.32. The van der Waals surface area contributed by atoms with Gasteiger partial charge in [0.15, 0.2) is 4.34 Å². The van der Waals surface area contributed by atoms with Crippen LogP contribution in [0.2, 0.25) is 5.02 Å². The van der Waals surface area contributed by atoms with E-state index < -0.39 is 0 Å². The van der Waals surface area contributed by atoms with Crippen LogP contribution in [0.4, 0.5) is 5.69 Å². The number of anilines is 1. The molecule has 2 N–H and O–H groups in total. The van der Waals surface area contributed by atoms with E-state index in [0.29, 0.717) is 5.02 Å². The molecular weight excluding hydrogens is 274 g/mol. The Morgan fingerprint density at radius 2 is 2.29 bits per heavy atom. The van der Waals surface area contributed by atoms with Crippen LogP contribution in [0.15, 0.2) is 22.5 Å². The molecule has 1 aromatic carbocycles. The predicted octanol–water partition coefficient (Wildman–Crippen LogP) is 3.63. The standard InChI is InChI=1S/C11H12ClN3S2/c1-2-10-14-11(17-15-10)16-6-7-8(12)4-3-5-9(7)13/h3-5H,2,6,13H2,1H3. The Morgan fingerprint density at radius 1 is 1.47 bits per heavy atom. The van der Waals surface area contributed by atoms with Gasteiger partial charge in [-0.3, -0.25) is 0 Å². The molecule has 2 rings (SSSR count). The normalized spacial score (nSPS) is 10.7. The monoisotopic (exact) mass is 285 g/mol. The van der Waals surface area contributed by atoms with E-state index >= 15 is 0 Å². The van der Waals surface area contributed by atoms with Gasteiger partial charge < -0.3 is 5.73 Å². The summed E-state index contributed by atoms with van der Waals surface area (Å²) in [6, 6.07) is 5.57. The lowest BCUT2D eigenvalue weighted by atomic mass is 10.2. The second-order valence-corrected chi connectivity index (χ2v) is 5.81. The molecule has 0 radical (unpaired) electrons. The van der Waals surface area contributed by atoms with Crippen molar-refractivity contribution in [3.8, 4) is 0 Å². The number of hydrogen-bond donors (Lipinski definition) is 1. The molecule has 1 aromatic heterocycles. The topological polar surface area (TPSA) is 51.8 Å². The van der Waals surface area contributed by atoms with E-state index in [-0.39, 0.29) is 0 Å². The maximum atomic E-state index is 6.10. The molecule has 0 aliphatic carbocycles. The third kappa shape index (κ3) is 3.12. The van der Waals surface area contributed by atoms with Crippen molar-refractivity contribution in [3.05, 3.63) is 34.6 Å². The molecule has 90 valence electrons. The molecule has 3 nitrogen and oxygen atoms in total. The van der Waals surface area contributed by atoms with Crippen LogP contribution >= 0.6 is 34.9 Å². The van der Waals surface area contributed by atoms with Crippen LogP contribution in [0, 0.1) is 0 Å². The van der Waals surface area contributed by atoms with Crippen LogP contribution in [-0.2, 0) is 12.2 Å². The van der Waals surface area contributed by atoms with E-state index in [0.717, 1.165) is 33.6 Å². The smallest absolute Gasteiger partial charge is 0.170 e. The lowest BCUT2D eigenvalue weighted by molar-refractivity contribution is 0.971. The summed E-state index contributed by atoms with van der Waals surface area (Å²) in [5, 5.41) is 0.706. The fraction of sp³-hybridized carbons (Fsp3) is 0.273. The molecule has 0 aliphatic heterocycles. The Kier molecular flexibility index (Phi) is 4.25. The number of benzene rings is 1. The highest BCUT2D eigenvalue weighted by atomic mass is 35.5. The van der Waals surface area contributed by atoms with Crippen LogP contribution in [0.25, 0.3) is 0 Å². The number of nitrogen functional groups attached to an aromatic ring is 1. The van der Waals surface area contributed by atoms with Crippen molar-refractivity contribution in [3.63, 3.8) is 0 Å². The number of halogens is 1. The van der Waals surface area contributed by atoms with Crippen molar-refractivity contribution in [2.45, 2.75) is 23.4 Å². The number of aryl methyl sites for hydroxylation is 1. The Bertz CT molecular complexity index is 493. The number of nitrogens with two attached hydrogens (primary N) is 1. The second kappa shape index (κ2) is 5.71.